The van der Waals surface area contributed by atoms with Gasteiger partial charge in [0.25, 0.3) is 5.69 Å². The van der Waals surface area contributed by atoms with Gasteiger partial charge < -0.3 is 5.32 Å². The highest BCUT2D eigenvalue weighted by molar-refractivity contribution is 9.10. The van der Waals surface area contributed by atoms with Crippen molar-refractivity contribution in [1.29, 1.82) is 0 Å². The summed E-state index contributed by atoms with van der Waals surface area (Å²) < 4.78 is 13.7. The summed E-state index contributed by atoms with van der Waals surface area (Å²) in [6, 6.07) is 8.72. The molecule has 2 aromatic carbocycles. The van der Waals surface area contributed by atoms with Crippen LogP contribution in [0.4, 0.5) is 15.8 Å². The molecule has 21 heavy (non-hydrogen) atoms. The Hall–Kier alpha value is -1.66. The van der Waals surface area contributed by atoms with E-state index in [1.54, 1.807) is 12.1 Å². The number of hydrogen-bond acceptors (Lipinski definition) is 3. The summed E-state index contributed by atoms with van der Waals surface area (Å²) in [7, 11) is 0. The van der Waals surface area contributed by atoms with Crippen LogP contribution in [0.3, 0.4) is 0 Å². The molecule has 4 nitrogen and oxygen atoms in total. The molecule has 0 saturated carbocycles. The van der Waals surface area contributed by atoms with E-state index in [1.807, 2.05) is 6.92 Å². The second-order valence-electron chi connectivity index (χ2n) is 4.46. The summed E-state index contributed by atoms with van der Waals surface area (Å²) in [6.45, 7) is 1.90. The fourth-order valence-electron chi connectivity index (χ4n) is 1.93. The molecular weight excluding hydrogens is 363 g/mol. The monoisotopic (exact) mass is 372 g/mol. The first-order valence-electron chi connectivity index (χ1n) is 6.04. The molecule has 1 unspecified atom stereocenters. The van der Waals surface area contributed by atoms with Crippen molar-refractivity contribution in [1.82, 2.24) is 0 Å². The lowest BCUT2D eigenvalue weighted by Gasteiger charge is -2.17. The Morgan fingerprint density at radius 2 is 2.05 bits per heavy atom. The standard InChI is InChI=1S/C14H11BrClFN2O2/c1-8(11-4-2-9(17)6-12(11)15)18-10-3-5-14(19(20)21)13(16)7-10/h2-8,18H,1H3. The van der Waals surface area contributed by atoms with E-state index in [9.17, 15) is 14.5 Å². The third kappa shape index (κ3) is 3.71. The molecular formula is C14H11BrClFN2O2. The Balaban J connectivity index is 2.21. The van der Waals surface area contributed by atoms with Gasteiger partial charge >= 0.3 is 0 Å². The average Bonchev–Trinajstić information content (AvgIpc) is 2.37. The third-order valence-corrected chi connectivity index (χ3v) is 3.95. The van der Waals surface area contributed by atoms with Crippen LogP contribution in [0.25, 0.3) is 0 Å². The number of nitro groups is 1. The topological polar surface area (TPSA) is 55.2 Å². The normalized spacial score (nSPS) is 12.0. The summed E-state index contributed by atoms with van der Waals surface area (Å²) in [5.74, 6) is -0.323. The van der Waals surface area contributed by atoms with Crippen molar-refractivity contribution in [3.05, 3.63) is 67.4 Å². The Morgan fingerprint density at radius 3 is 2.62 bits per heavy atom. The minimum Gasteiger partial charge on any atom is -0.378 e. The first-order chi connectivity index (χ1) is 9.88. The lowest BCUT2D eigenvalue weighted by Crippen LogP contribution is -2.07. The molecule has 110 valence electrons. The number of nitrogens with zero attached hydrogens (tertiary/aromatic N) is 1. The van der Waals surface area contributed by atoms with E-state index in [-0.39, 0.29) is 22.6 Å². The lowest BCUT2D eigenvalue weighted by atomic mass is 10.1. The van der Waals surface area contributed by atoms with E-state index < -0.39 is 4.92 Å². The van der Waals surface area contributed by atoms with Gasteiger partial charge in [-0.25, -0.2) is 4.39 Å². The van der Waals surface area contributed by atoms with Crippen LogP contribution >= 0.6 is 27.5 Å². The zero-order chi connectivity index (χ0) is 15.6. The van der Waals surface area contributed by atoms with E-state index in [2.05, 4.69) is 21.2 Å². The molecule has 0 saturated heterocycles. The highest BCUT2D eigenvalue weighted by atomic mass is 79.9. The first kappa shape index (κ1) is 15.7. The predicted molar refractivity (Wildman–Crippen MR) is 84.2 cm³/mol. The summed E-state index contributed by atoms with van der Waals surface area (Å²) in [6.07, 6.45) is 0. The third-order valence-electron chi connectivity index (χ3n) is 2.96. The van der Waals surface area contributed by atoms with Crippen LogP contribution in [0.2, 0.25) is 5.02 Å². The van der Waals surface area contributed by atoms with E-state index in [0.29, 0.717) is 10.2 Å². The summed E-state index contributed by atoms with van der Waals surface area (Å²) >= 11 is 9.18. The largest absolute Gasteiger partial charge is 0.378 e. The predicted octanol–water partition coefficient (Wildman–Crippen LogP) is 5.32. The molecule has 0 aromatic heterocycles. The van der Waals surface area contributed by atoms with Gasteiger partial charge in [-0.15, -0.1) is 0 Å². The average molecular weight is 374 g/mol. The molecule has 0 aliphatic heterocycles. The second-order valence-corrected chi connectivity index (χ2v) is 5.72. The highest BCUT2D eigenvalue weighted by Crippen LogP contribution is 2.31. The van der Waals surface area contributed by atoms with Gasteiger partial charge in [0.1, 0.15) is 10.8 Å². The molecule has 7 heteroatoms. The smallest absolute Gasteiger partial charge is 0.288 e. The molecule has 0 aliphatic carbocycles. The van der Waals surface area contributed by atoms with Gasteiger partial charge in [-0.05, 0) is 36.8 Å². The zero-order valence-electron chi connectivity index (χ0n) is 10.9. The molecule has 0 amide bonds. The molecule has 2 aromatic rings. The number of anilines is 1. The minimum atomic E-state index is -0.536. The summed E-state index contributed by atoms with van der Waals surface area (Å²) in [5.41, 5.74) is 1.37. The van der Waals surface area contributed by atoms with Crippen LogP contribution in [0.5, 0.6) is 0 Å². The first-order valence-corrected chi connectivity index (χ1v) is 7.21. The molecule has 0 bridgehead atoms. The van der Waals surface area contributed by atoms with Crippen LogP contribution in [0.1, 0.15) is 18.5 Å². The number of rotatable bonds is 4. The van der Waals surface area contributed by atoms with Crippen molar-refractivity contribution in [3.63, 3.8) is 0 Å². The number of benzene rings is 2. The molecule has 1 atom stereocenters. The molecule has 0 fully saturated rings. The number of nitrogens with one attached hydrogen (secondary N) is 1. The van der Waals surface area contributed by atoms with Crippen LogP contribution in [-0.2, 0) is 0 Å². The molecule has 0 heterocycles. The number of halogens is 3. The molecule has 0 spiro atoms. The van der Waals surface area contributed by atoms with Gasteiger partial charge in [-0.2, -0.15) is 0 Å². The van der Waals surface area contributed by atoms with Gasteiger partial charge in [0, 0.05) is 22.3 Å². The van der Waals surface area contributed by atoms with Crippen LogP contribution < -0.4 is 5.32 Å². The Labute approximate surface area is 134 Å². The van der Waals surface area contributed by atoms with Crippen molar-refractivity contribution in [2.45, 2.75) is 13.0 Å². The van der Waals surface area contributed by atoms with Gasteiger partial charge in [0.2, 0.25) is 0 Å². The van der Waals surface area contributed by atoms with Crippen LogP contribution in [0, 0.1) is 15.9 Å². The number of hydrogen-bond donors (Lipinski definition) is 1. The fraction of sp³-hybridized carbons (Fsp3) is 0.143. The quantitative estimate of drug-likeness (QED) is 0.582. The van der Waals surface area contributed by atoms with Gasteiger partial charge in [0.15, 0.2) is 0 Å². The molecule has 1 N–H and O–H groups in total. The van der Waals surface area contributed by atoms with Gasteiger partial charge in [-0.1, -0.05) is 33.6 Å². The second kappa shape index (κ2) is 6.41. The summed E-state index contributed by atoms with van der Waals surface area (Å²) in [5, 5.41) is 13.9. The van der Waals surface area contributed by atoms with Crippen LogP contribution in [0.15, 0.2) is 40.9 Å². The van der Waals surface area contributed by atoms with E-state index in [4.69, 9.17) is 11.6 Å². The lowest BCUT2D eigenvalue weighted by molar-refractivity contribution is -0.384. The number of nitro benzene ring substituents is 1. The van der Waals surface area contributed by atoms with E-state index in [0.717, 1.165) is 5.56 Å². The Bertz CT molecular complexity index is 697. The van der Waals surface area contributed by atoms with Crippen molar-refractivity contribution in [2.24, 2.45) is 0 Å². The van der Waals surface area contributed by atoms with Crippen molar-refractivity contribution in [2.75, 3.05) is 5.32 Å². The molecule has 0 radical (unpaired) electrons. The summed E-state index contributed by atoms with van der Waals surface area (Å²) in [4.78, 5) is 10.2. The van der Waals surface area contributed by atoms with Crippen molar-refractivity contribution < 1.29 is 9.31 Å². The van der Waals surface area contributed by atoms with E-state index in [1.165, 1.54) is 24.3 Å². The SMILES string of the molecule is CC(Nc1ccc([N+](=O)[O-])c(Cl)c1)c1ccc(F)cc1Br. The van der Waals surface area contributed by atoms with Gasteiger partial charge in [-0.3, -0.25) is 10.1 Å². The molecule has 2 rings (SSSR count). The Morgan fingerprint density at radius 1 is 1.33 bits per heavy atom. The van der Waals surface area contributed by atoms with Crippen LogP contribution in [-0.4, -0.2) is 4.92 Å². The zero-order valence-corrected chi connectivity index (χ0v) is 13.3. The van der Waals surface area contributed by atoms with Gasteiger partial charge in [0.05, 0.1) is 4.92 Å². The highest BCUT2D eigenvalue weighted by Gasteiger charge is 2.14. The maximum absolute atomic E-state index is 13.1. The maximum Gasteiger partial charge on any atom is 0.288 e. The van der Waals surface area contributed by atoms with Crippen molar-refractivity contribution in [3.8, 4) is 0 Å². The molecule has 0 aliphatic rings. The van der Waals surface area contributed by atoms with Crippen molar-refractivity contribution >= 4 is 38.9 Å². The Kier molecular flexibility index (Phi) is 4.80. The van der Waals surface area contributed by atoms with E-state index >= 15 is 0 Å². The minimum absolute atomic E-state index is 0.0652. The maximum atomic E-state index is 13.1. The fourth-order valence-corrected chi connectivity index (χ4v) is 2.87.